The van der Waals surface area contributed by atoms with Crippen molar-refractivity contribution in [2.75, 3.05) is 11.9 Å². The first-order chi connectivity index (χ1) is 8.31. The lowest BCUT2D eigenvalue weighted by molar-refractivity contribution is 0.460. The summed E-state index contributed by atoms with van der Waals surface area (Å²) in [7, 11) is 0. The van der Waals surface area contributed by atoms with Gasteiger partial charge in [-0.15, -0.1) is 0 Å². The van der Waals surface area contributed by atoms with Gasteiger partial charge in [0.1, 0.15) is 12.1 Å². The van der Waals surface area contributed by atoms with Crippen molar-refractivity contribution < 1.29 is 4.74 Å². The third-order valence-corrected chi connectivity index (χ3v) is 2.16. The van der Waals surface area contributed by atoms with Crippen LogP contribution in [-0.4, -0.2) is 26.3 Å². The van der Waals surface area contributed by atoms with Crippen LogP contribution in [-0.2, 0) is 6.54 Å². The zero-order valence-corrected chi connectivity index (χ0v) is 9.92. The van der Waals surface area contributed by atoms with Gasteiger partial charge >= 0.3 is 0 Å². The van der Waals surface area contributed by atoms with Gasteiger partial charge in [0.05, 0.1) is 12.4 Å². The molecule has 0 aliphatic rings. The van der Waals surface area contributed by atoms with Crippen LogP contribution in [0.5, 0.6) is 11.6 Å². The van der Waals surface area contributed by atoms with E-state index in [1.54, 1.807) is 16.9 Å². The molecule has 0 aromatic carbocycles. The van der Waals surface area contributed by atoms with E-state index in [0.717, 1.165) is 18.9 Å². The number of rotatable bonds is 5. The fourth-order valence-corrected chi connectivity index (χ4v) is 1.36. The van der Waals surface area contributed by atoms with Gasteiger partial charge < -0.3 is 10.1 Å². The number of nitrogens with one attached hydrogen (secondary N) is 1. The normalized spacial score (nSPS) is 10.2. The van der Waals surface area contributed by atoms with E-state index in [4.69, 9.17) is 4.74 Å². The van der Waals surface area contributed by atoms with Gasteiger partial charge in [-0.2, -0.15) is 5.10 Å². The van der Waals surface area contributed by atoms with E-state index in [0.29, 0.717) is 11.6 Å². The Morgan fingerprint density at radius 2 is 2.24 bits per heavy atom. The van der Waals surface area contributed by atoms with Crippen molar-refractivity contribution in [3.63, 3.8) is 0 Å². The number of ether oxygens (including phenoxy) is 1. The maximum atomic E-state index is 5.57. The van der Waals surface area contributed by atoms with Gasteiger partial charge in [-0.3, -0.25) is 4.68 Å². The molecule has 90 valence electrons. The molecule has 0 aliphatic heterocycles. The summed E-state index contributed by atoms with van der Waals surface area (Å²) >= 11 is 0. The van der Waals surface area contributed by atoms with Gasteiger partial charge in [-0.25, -0.2) is 9.97 Å². The van der Waals surface area contributed by atoms with Crippen LogP contribution >= 0.6 is 0 Å². The van der Waals surface area contributed by atoms with E-state index in [2.05, 4.69) is 20.4 Å². The molecule has 2 aromatic rings. The molecule has 0 amide bonds. The molecule has 0 saturated heterocycles. The number of anilines is 1. The second-order valence-electron chi connectivity index (χ2n) is 3.41. The predicted molar refractivity (Wildman–Crippen MR) is 64.2 cm³/mol. The van der Waals surface area contributed by atoms with Crippen molar-refractivity contribution in [2.45, 2.75) is 20.4 Å². The first-order valence-electron chi connectivity index (χ1n) is 5.58. The Labute approximate surface area is 99.7 Å². The lowest BCUT2D eigenvalue weighted by Gasteiger charge is -2.04. The summed E-state index contributed by atoms with van der Waals surface area (Å²) in [6, 6.07) is 1.76. The Bertz CT molecular complexity index is 482. The van der Waals surface area contributed by atoms with Crippen molar-refractivity contribution in [1.82, 2.24) is 19.7 Å². The van der Waals surface area contributed by atoms with Gasteiger partial charge in [0.2, 0.25) is 5.88 Å². The summed E-state index contributed by atoms with van der Waals surface area (Å²) in [6.07, 6.45) is 4.96. The minimum Gasteiger partial charge on any atom is -0.436 e. The maximum Gasteiger partial charge on any atom is 0.224 e. The Hall–Kier alpha value is -2.11. The zero-order chi connectivity index (χ0) is 12.1. The fourth-order valence-electron chi connectivity index (χ4n) is 1.36. The van der Waals surface area contributed by atoms with Crippen LogP contribution in [0.1, 0.15) is 13.8 Å². The number of aromatic nitrogens is 4. The quantitative estimate of drug-likeness (QED) is 0.854. The highest BCUT2D eigenvalue weighted by atomic mass is 16.5. The highest BCUT2D eigenvalue weighted by Crippen LogP contribution is 2.19. The third kappa shape index (κ3) is 2.93. The average Bonchev–Trinajstić information content (AvgIpc) is 2.78. The molecule has 17 heavy (non-hydrogen) atoms. The highest BCUT2D eigenvalue weighted by molar-refractivity contribution is 5.38. The Balaban J connectivity index is 2.09. The standard InChI is InChI=1S/C11H15N5O/c1-3-12-10-5-11(14-8-13-10)17-9-6-15-16(4-2)7-9/h5-8H,3-4H2,1-2H3,(H,12,13,14). The van der Waals surface area contributed by atoms with Crippen molar-refractivity contribution in [3.8, 4) is 11.6 Å². The fraction of sp³-hybridized carbons (Fsp3) is 0.364. The predicted octanol–water partition coefficient (Wildman–Crippen LogP) is 1.92. The second-order valence-corrected chi connectivity index (χ2v) is 3.41. The summed E-state index contributed by atoms with van der Waals surface area (Å²) in [6.45, 7) is 5.65. The van der Waals surface area contributed by atoms with Gasteiger partial charge in [-0.05, 0) is 13.8 Å². The van der Waals surface area contributed by atoms with Gasteiger partial charge in [0, 0.05) is 19.2 Å². The zero-order valence-electron chi connectivity index (χ0n) is 9.92. The van der Waals surface area contributed by atoms with E-state index in [-0.39, 0.29) is 0 Å². The van der Waals surface area contributed by atoms with Crippen LogP contribution in [0.2, 0.25) is 0 Å². The molecule has 6 nitrogen and oxygen atoms in total. The van der Waals surface area contributed by atoms with Crippen LogP contribution in [0.15, 0.2) is 24.8 Å². The summed E-state index contributed by atoms with van der Waals surface area (Å²) in [5.74, 6) is 1.93. The molecule has 0 unspecified atom stereocenters. The summed E-state index contributed by atoms with van der Waals surface area (Å²) in [5.41, 5.74) is 0. The van der Waals surface area contributed by atoms with Gasteiger partial charge in [-0.1, -0.05) is 0 Å². The van der Waals surface area contributed by atoms with Crippen LogP contribution in [0.4, 0.5) is 5.82 Å². The van der Waals surface area contributed by atoms with Crippen LogP contribution in [0, 0.1) is 0 Å². The van der Waals surface area contributed by atoms with Crippen LogP contribution in [0.3, 0.4) is 0 Å². The molecule has 1 N–H and O–H groups in total. The Kier molecular flexibility index (Phi) is 3.54. The molecule has 2 heterocycles. The first-order valence-corrected chi connectivity index (χ1v) is 5.58. The molecule has 0 atom stereocenters. The van der Waals surface area contributed by atoms with E-state index >= 15 is 0 Å². The van der Waals surface area contributed by atoms with Crippen molar-refractivity contribution in [1.29, 1.82) is 0 Å². The number of hydrogen-bond donors (Lipinski definition) is 1. The largest absolute Gasteiger partial charge is 0.436 e. The van der Waals surface area contributed by atoms with Crippen LogP contribution < -0.4 is 10.1 Å². The SMILES string of the molecule is CCNc1cc(Oc2cnn(CC)c2)ncn1. The lowest BCUT2D eigenvalue weighted by Crippen LogP contribution is -2.00. The third-order valence-electron chi connectivity index (χ3n) is 2.16. The van der Waals surface area contributed by atoms with E-state index in [9.17, 15) is 0 Å². The molecule has 2 rings (SSSR count). The number of hydrogen-bond acceptors (Lipinski definition) is 5. The molecular formula is C11H15N5O. The minimum atomic E-state index is 0.506. The van der Waals surface area contributed by atoms with E-state index < -0.39 is 0 Å². The number of aryl methyl sites for hydroxylation is 1. The first kappa shape index (κ1) is 11.4. The molecule has 0 radical (unpaired) electrons. The smallest absolute Gasteiger partial charge is 0.224 e. The van der Waals surface area contributed by atoms with Crippen LogP contribution in [0.25, 0.3) is 0 Å². The molecule has 0 spiro atoms. The second kappa shape index (κ2) is 5.29. The highest BCUT2D eigenvalue weighted by Gasteiger charge is 2.03. The van der Waals surface area contributed by atoms with E-state index in [1.807, 2.05) is 20.0 Å². The van der Waals surface area contributed by atoms with Gasteiger partial charge in [0.25, 0.3) is 0 Å². The van der Waals surface area contributed by atoms with E-state index in [1.165, 1.54) is 6.33 Å². The summed E-state index contributed by atoms with van der Waals surface area (Å²) in [5, 5.41) is 7.22. The Morgan fingerprint density at radius 1 is 1.35 bits per heavy atom. The molecule has 0 bridgehead atoms. The maximum absolute atomic E-state index is 5.57. The molecule has 6 heteroatoms. The molecule has 0 fully saturated rings. The molecule has 2 aromatic heterocycles. The monoisotopic (exact) mass is 233 g/mol. The lowest BCUT2D eigenvalue weighted by atomic mass is 10.5. The Morgan fingerprint density at radius 3 is 2.94 bits per heavy atom. The van der Waals surface area contributed by atoms with Crippen molar-refractivity contribution >= 4 is 5.82 Å². The average molecular weight is 233 g/mol. The topological polar surface area (TPSA) is 64.9 Å². The minimum absolute atomic E-state index is 0.506. The van der Waals surface area contributed by atoms with Crippen molar-refractivity contribution in [2.24, 2.45) is 0 Å². The number of nitrogens with zero attached hydrogens (tertiary/aromatic N) is 4. The summed E-state index contributed by atoms with van der Waals surface area (Å²) < 4.78 is 7.37. The molecule has 0 saturated carbocycles. The van der Waals surface area contributed by atoms with Crippen molar-refractivity contribution in [3.05, 3.63) is 24.8 Å². The van der Waals surface area contributed by atoms with Gasteiger partial charge in [0.15, 0.2) is 5.75 Å². The molecule has 0 aliphatic carbocycles. The summed E-state index contributed by atoms with van der Waals surface area (Å²) in [4.78, 5) is 8.11. The molecular weight excluding hydrogens is 218 g/mol.